The molecule has 0 radical (unpaired) electrons. The number of aromatic nitrogens is 3. The maximum absolute atomic E-state index is 12.3. The number of alkyl halides is 3. The van der Waals surface area contributed by atoms with Gasteiger partial charge in [-0.05, 0) is 11.5 Å². The van der Waals surface area contributed by atoms with Crippen LogP contribution < -0.4 is 0 Å². The van der Waals surface area contributed by atoms with Crippen molar-refractivity contribution in [3.05, 3.63) is 28.7 Å². The summed E-state index contributed by atoms with van der Waals surface area (Å²) >= 11 is 6.08. The van der Waals surface area contributed by atoms with Gasteiger partial charge < -0.3 is 0 Å². The van der Waals surface area contributed by atoms with Crippen LogP contribution in [-0.2, 0) is 11.8 Å². The van der Waals surface area contributed by atoms with Gasteiger partial charge in [-0.3, -0.25) is 4.40 Å². The fraction of sp³-hybridized carbons (Fsp3) is 0.538. The number of fused-ring (bicyclic) bond motifs is 1. The predicted molar refractivity (Wildman–Crippen MR) is 71.1 cm³/mol. The number of pyridine rings is 1. The molecule has 0 saturated heterocycles. The van der Waals surface area contributed by atoms with Crippen LogP contribution >= 0.6 is 11.6 Å². The van der Waals surface area contributed by atoms with Gasteiger partial charge in [0.25, 0.3) is 0 Å². The Labute approximate surface area is 119 Å². The van der Waals surface area contributed by atoms with Gasteiger partial charge in [0.05, 0.1) is 6.42 Å². The second-order valence-corrected chi connectivity index (χ2v) is 6.10. The van der Waals surface area contributed by atoms with E-state index in [0.717, 1.165) is 5.56 Å². The number of hydrogen-bond acceptors (Lipinski definition) is 2. The van der Waals surface area contributed by atoms with E-state index in [-0.39, 0.29) is 17.7 Å². The first-order valence-corrected chi connectivity index (χ1v) is 6.57. The molecule has 0 amide bonds. The molecular formula is C13H15ClF3N3. The van der Waals surface area contributed by atoms with Crippen molar-refractivity contribution in [2.24, 2.45) is 0 Å². The topological polar surface area (TPSA) is 30.2 Å². The molecule has 0 aliphatic heterocycles. The summed E-state index contributed by atoms with van der Waals surface area (Å²) in [6.45, 7) is 6.00. The Kier molecular flexibility index (Phi) is 3.71. The molecule has 110 valence electrons. The first-order chi connectivity index (χ1) is 9.09. The second-order valence-electron chi connectivity index (χ2n) is 5.71. The molecule has 3 nitrogen and oxygen atoms in total. The normalized spacial score (nSPS) is 13.2. The molecule has 0 fully saturated rings. The highest BCUT2D eigenvalue weighted by Crippen LogP contribution is 2.29. The molecule has 0 saturated carbocycles. The minimum absolute atomic E-state index is 0.194. The van der Waals surface area contributed by atoms with E-state index in [1.807, 2.05) is 26.8 Å². The molecule has 0 aromatic carbocycles. The molecule has 0 atom stereocenters. The Bertz CT molecular complexity index is 626. The first kappa shape index (κ1) is 15.1. The van der Waals surface area contributed by atoms with Gasteiger partial charge >= 0.3 is 6.18 Å². The van der Waals surface area contributed by atoms with Crippen molar-refractivity contribution in [1.29, 1.82) is 0 Å². The van der Waals surface area contributed by atoms with E-state index in [9.17, 15) is 13.2 Å². The SMILES string of the molecule is CC(C)(C)c1ccc(Cl)n2c(CCC(F)(F)F)nnc12. The van der Waals surface area contributed by atoms with E-state index in [1.165, 1.54) is 4.40 Å². The van der Waals surface area contributed by atoms with Crippen LogP contribution in [0.4, 0.5) is 13.2 Å². The van der Waals surface area contributed by atoms with Crippen molar-refractivity contribution >= 4 is 17.2 Å². The van der Waals surface area contributed by atoms with Gasteiger partial charge in [0.1, 0.15) is 11.0 Å². The van der Waals surface area contributed by atoms with Gasteiger partial charge in [0.2, 0.25) is 0 Å². The van der Waals surface area contributed by atoms with Crippen molar-refractivity contribution in [2.45, 2.75) is 45.2 Å². The second kappa shape index (κ2) is 4.91. The predicted octanol–water partition coefficient (Wildman–Crippen LogP) is 4.18. The lowest BCUT2D eigenvalue weighted by molar-refractivity contribution is -0.134. The lowest BCUT2D eigenvalue weighted by atomic mass is 9.88. The molecule has 0 aliphatic rings. The first-order valence-electron chi connectivity index (χ1n) is 6.19. The third-order valence-corrected chi connectivity index (χ3v) is 3.31. The van der Waals surface area contributed by atoms with E-state index < -0.39 is 12.6 Å². The van der Waals surface area contributed by atoms with Crippen LogP contribution in [0.1, 0.15) is 38.6 Å². The molecule has 2 rings (SSSR count). The van der Waals surface area contributed by atoms with Crippen LogP contribution in [0.3, 0.4) is 0 Å². The lowest BCUT2D eigenvalue weighted by Crippen LogP contribution is -2.14. The highest BCUT2D eigenvalue weighted by atomic mass is 35.5. The van der Waals surface area contributed by atoms with Gasteiger partial charge in [0, 0.05) is 12.0 Å². The molecule has 0 aliphatic carbocycles. The van der Waals surface area contributed by atoms with Gasteiger partial charge in [0.15, 0.2) is 5.65 Å². The molecule has 2 aromatic heterocycles. The third kappa shape index (κ3) is 3.06. The zero-order valence-electron chi connectivity index (χ0n) is 11.4. The smallest absolute Gasteiger partial charge is 0.269 e. The van der Waals surface area contributed by atoms with E-state index in [4.69, 9.17) is 11.6 Å². The molecule has 2 heterocycles. The Hall–Kier alpha value is -1.30. The Morgan fingerprint density at radius 2 is 1.80 bits per heavy atom. The summed E-state index contributed by atoms with van der Waals surface area (Å²) in [6, 6.07) is 3.50. The van der Waals surface area contributed by atoms with E-state index in [0.29, 0.717) is 10.8 Å². The van der Waals surface area contributed by atoms with Crippen molar-refractivity contribution in [2.75, 3.05) is 0 Å². The molecule has 0 spiro atoms. The van der Waals surface area contributed by atoms with Gasteiger partial charge in [-0.1, -0.05) is 38.4 Å². The molecule has 7 heteroatoms. The lowest BCUT2D eigenvalue weighted by Gasteiger charge is -2.19. The minimum atomic E-state index is -4.22. The average Bonchev–Trinajstić information content (AvgIpc) is 2.68. The van der Waals surface area contributed by atoms with Crippen LogP contribution in [0.25, 0.3) is 5.65 Å². The van der Waals surface area contributed by atoms with E-state index >= 15 is 0 Å². The molecule has 0 unspecified atom stereocenters. The quantitative estimate of drug-likeness (QED) is 0.779. The number of halogens is 4. The summed E-state index contributed by atoms with van der Waals surface area (Å²) in [6.07, 6.45) is -5.40. The van der Waals surface area contributed by atoms with Gasteiger partial charge in [-0.15, -0.1) is 10.2 Å². The highest BCUT2D eigenvalue weighted by molar-refractivity contribution is 6.29. The van der Waals surface area contributed by atoms with Crippen LogP contribution in [0.5, 0.6) is 0 Å². The van der Waals surface area contributed by atoms with Crippen molar-refractivity contribution in [3.63, 3.8) is 0 Å². The largest absolute Gasteiger partial charge is 0.389 e. The Morgan fingerprint density at radius 3 is 2.35 bits per heavy atom. The Morgan fingerprint density at radius 1 is 1.15 bits per heavy atom. The van der Waals surface area contributed by atoms with Crippen molar-refractivity contribution in [3.8, 4) is 0 Å². The molecule has 0 N–H and O–H groups in total. The third-order valence-electron chi connectivity index (χ3n) is 3.01. The standard InChI is InChI=1S/C13H15ClF3N3/c1-12(2,3)8-4-5-9(14)20-10(18-19-11(8)20)6-7-13(15,16)17/h4-5H,6-7H2,1-3H3. The van der Waals surface area contributed by atoms with E-state index in [1.54, 1.807) is 6.07 Å². The number of nitrogens with zero attached hydrogens (tertiary/aromatic N) is 3. The zero-order valence-corrected chi connectivity index (χ0v) is 12.2. The maximum Gasteiger partial charge on any atom is 0.389 e. The monoisotopic (exact) mass is 305 g/mol. The number of aryl methyl sites for hydroxylation is 1. The number of rotatable bonds is 2. The van der Waals surface area contributed by atoms with Gasteiger partial charge in [-0.2, -0.15) is 13.2 Å². The molecule has 20 heavy (non-hydrogen) atoms. The maximum atomic E-state index is 12.3. The average molecular weight is 306 g/mol. The van der Waals surface area contributed by atoms with Crippen LogP contribution in [0.2, 0.25) is 5.15 Å². The number of hydrogen-bond donors (Lipinski definition) is 0. The van der Waals surface area contributed by atoms with Gasteiger partial charge in [-0.25, -0.2) is 0 Å². The molecule has 0 bridgehead atoms. The zero-order chi connectivity index (χ0) is 15.1. The minimum Gasteiger partial charge on any atom is -0.269 e. The van der Waals surface area contributed by atoms with Crippen molar-refractivity contribution < 1.29 is 13.2 Å². The summed E-state index contributed by atoms with van der Waals surface area (Å²) < 4.78 is 38.5. The highest BCUT2D eigenvalue weighted by Gasteiger charge is 2.28. The molecular weight excluding hydrogens is 291 g/mol. The van der Waals surface area contributed by atoms with Crippen LogP contribution in [0.15, 0.2) is 12.1 Å². The summed E-state index contributed by atoms with van der Waals surface area (Å²) in [5, 5.41) is 8.18. The fourth-order valence-corrected chi connectivity index (χ4v) is 2.26. The summed E-state index contributed by atoms with van der Waals surface area (Å²) in [5.74, 6) is 0.230. The van der Waals surface area contributed by atoms with Crippen molar-refractivity contribution in [1.82, 2.24) is 14.6 Å². The Balaban J connectivity index is 2.50. The van der Waals surface area contributed by atoms with Crippen LogP contribution in [-0.4, -0.2) is 20.8 Å². The molecule has 2 aromatic rings. The summed E-state index contributed by atoms with van der Waals surface area (Å²) in [5.41, 5.74) is 1.22. The van der Waals surface area contributed by atoms with Crippen LogP contribution in [0, 0.1) is 0 Å². The summed E-state index contributed by atoms with van der Waals surface area (Å²) in [7, 11) is 0. The summed E-state index contributed by atoms with van der Waals surface area (Å²) in [4.78, 5) is 0. The van der Waals surface area contributed by atoms with E-state index in [2.05, 4.69) is 10.2 Å². The fourth-order valence-electron chi connectivity index (χ4n) is 2.02.